The number of rotatable bonds is 4. The van der Waals surface area contributed by atoms with E-state index in [0.29, 0.717) is 22.4 Å². The van der Waals surface area contributed by atoms with Gasteiger partial charge in [-0.25, -0.2) is 4.98 Å². The molecule has 8 nitrogen and oxygen atoms in total. The molecule has 26 heavy (non-hydrogen) atoms. The zero-order chi connectivity index (χ0) is 17.5. The number of amides is 1. The smallest absolute Gasteiger partial charge is 0.277 e. The van der Waals surface area contributed by atoms with Crippen LogP contribution in [0.25, 0.3) is 16.9 Å². The molecule has 0 aliphatic heterocycles. The summed E-state index contributed by atoms with van der Waals surface area (Å²) in [6.45, 7) is 0. The highest BCUT2D eigenvalue weighted by Crippen LogP contribution is 2.38. The second-order valence-electron chi connectivity index (χ2n) is 6.05. The van der Waals surface area contributed by atoms with E-state index in [2.05, 4.69) is 30.6 Å². The van der Waals surface area contributed by atoms with Crippen LogP contribution in [-0.2, 0) is 0 Å². The number of hydrogen-bond acceptors (Lipinski definition) is 7. The Morgan fingerprint density at radius 2 is 2.15 bits per heavy atom. The molecule has 0 saturated heterocycles. The first-order valence-corrected chi connectivity index (χ1v) is 9.05. The number of nitrogens with one attached hydrogen (secondary N) is 1. The summed E-state index contributed by atoms with van der Waals surface area (Å²) in [5.74, 6) is 0.911. The molecule has 1 amide bonds. The first kappa shape index (κ1) is 15.1. The number of hydrogen-bond donors (Lipinski definition) is 1. The Bertz CT molecular complexity index is 1100. The molecule has 128 valence electrons. The van der Waals surface area contributed by atoms with Crippen molar-refractivity contribution in [2.24, 2.45) is 0 Å². The lowest BCUT2D eigenvalue weighted by atomic mass is 10.2. The lowest BCUT2D eigenvalue weighted by molar-refractivity contribution is 0.102. The molecule has 0 radical (unpaired) electrons. The van der Waals surface area contributed by atoms with Crippen molar-refractivity contribution in [2.75, 3.05) is 5.32 Å². The Hall–Kier alpha value is -3.20. The minimum absolute atomic E-state index is 0.303. The average molecular weight is 363 g/mol. The summed E-state index contributed by atoms with van der Waals surface area (Å²) in [6.07, 6.45) is 5.63. The largest absolute Gasteiger partial charge is 0.296 e. The van der Waals surface area contributed by atoms with Gasteiger partial charge >= 0.3 is 0 Å². The predicted molar refractivity (Wildman–Crippen MR) is 96.1 cm³/mol. The normalized spacial score (nSPS) is 13.8. The van der Waals surface area contributed by atoms with Crippen LogP contribution in [0.5, 0.6) is 0 Å². The van der Waals surface area contributed by atoms with Gasteiger partial charge in [0.15, 0.2) is 16.6 Å². The third kappa shape index (κ3) is 2.72. The van der Waals surface area contributed by atoms with E-state index < -0.39 is 0 Å². The zero-order valence-electron chi connectivity index (χ0n) is 13.5. The van der Waals surface area contributed by atoms with Crippen molar-refractivity contribution in [3.05, 3.63) is 53.6 Å². The van der Waals surface area contributed by atoms with Crippen LogP contribution in [0.4, 0.5) is 5.13 Å². The van der Waals surface area contributed by atoms with Crippen molar-refractivity contribution in [2.45, 2.75) is 18.8 Å². The van der Waals surface area contributed by atoms with Crippen molar-refractivity contribution in [3.63, 3.8) is 0 Å². The monoisotopic (exact) mass is 363 g/mol. The molecule has 9 heteroatoms. The average Bonchev–Trinajstić information content (AvgIpc) is 3.26. The highest BCUT2D eigenvalue weighted by Gasteiger charge is 2.29. The quantitative estimate of drug-likeness (QED) is 0.599. The Kier molecular flexibility index (Phi) is 3.45. The van der Waals surface area contributed by atoms with Crippen molar-refractivity contribution in [1.29, 1.82) is 0 Å². The predicted octanol–water partition coefficient (Wildman–Crippen LogP) is 2.77. The van der Waals surface area contributed by atoms with Crippen LogP contribution in [0.2, 0.25) is 0 Å². The number of fused-ring (bicyclic) bond motifs is 1. The van der Waals surface area contributed by atoms with Crippen molar-refractivity contribution in [1.82, 2.24) is 29.8 Å². The number of thiazole rings is 1. The Balaban J connectivity index is 1.39. The molecule has 0 bridgehead atoms. The molecule has 5 rings (SSSR count). The fraction of sp³-hybridized carbons (Fsp3) is 0.176. The van der Waals surface area contributed by atoms with Gasteiger partial charge in [-0.3, -0.25) is 15.1 Å². The lowest BCUT2D eigenvalue weighted by Crippen LogP contribution is -2.15. The van der Waals surface area contributed by atoms with E-state index in [1.54, 1.807) is 29.0 Å². The highest BCUT2D eigenvalue weighted by molar-refractivity contribution is 7.14. The van der Waals surface area contributed by atoms with E-state index >= 15 is 0 Å². The fourth-order valence-electron chi connectivity index (χ4n) is 2.66. The second-order valence-corrected chi connectivity index (χ2v) is 6.91. The van der Waals surface area contributed by atoms with Crippen molar-refractivity contribution >= 4 is 28.0 Å². The van der Waals surface area contributed by atoms with E-state index in [0.717, 1.165) is 29.9 Å². The van der Waals surface area contributed by atoms with Gasteiger partial charge in [-0.2, -0.15) is 9.61 Å². The number of nitrogens with zero attached hydrogens (tertiary/aromatic N) is 6. The summed E-state index contributed by atoms with van der Waals surface area (Å²) < 4.78 is 1.66. The van der Waals surface area contributed by atoms with Gasteiger partial charge in [0, 0.05) is 29.3 Å². The minimum atomic E-state index is -0.311. The van der Waals surface area contributed by atoms with E-state index in [9.17, 15) is 4.79 Å². The third-order valence-corrected chi connectivity index (χ3v) is 4.90. The molecular formula is C17H13N7OS. The molecule has 4 heterocycles. The van der Waals surface area contributed by atoms with Gasteiger partial charge < -0.3 is 0 Å². The molecule has 1 fully saturated rings. The first-order chi connectivity index (χ1) is 12.8. The van der Waals surface area contributed by atoms with E-state index in [1.807, 2.05) is 17.5 Å². The van der Waals surface area contributed by atoms with Crippen molar-refractivity contribution in [3.8, 4) is 11.3 Å². The SMILES string of the molecule is O=C(Nc1nc(-c2cccnc2)cs1)c1ccc2nnc(C3CC3)n2n1. The number of anilines is 1. The third-order valence-electron chi connectivity index (χ3n) is 4.14. The van der Waals surface area contributed by atoms with Gasteiger partial charge in [-0.1, -0.05) is 0 Å². The van der Waals surface area contributed by atoms with E-state index in [1.165, 1.54) is 11.3 Å². The van der Waals surface area contributed by atoms with Gasteiger partial charge in [0.2, 0.25) is 0 Å². The molecule has 4 aromatic heterocycles. The molecule has 0 atom stereocenters. The van der Waals surface area contributed by atoms with Crippen LogP contribution in [-0.4, -0.2) is 35.7 Å². The summed E-state index contributed by atoms with van der Waals surface area (Å²) in [5.41, 5.74) is 2.63. The van der Waals surface area contributed by atoms with Gasteiger partial charge in [0.05, 0.1) is 5.69 Å². The molecule has 4 aromatic rings. The summed E-state index contributed by atoms with van der Waals surface area (Å²) in [4.78, 5) is 21.1. The summed E-state index contributed by atoms with van der Waals surface area (Å²) in [5, 5.41) is 17.9. The number of aromatic nitrogens is 6. The number of pyridine rings is 1. The maximum absolute atomic E-state index is 12.5. The summed E-state index contributed by atoms with van der Waals surface area (Å²) in [7, 11) is 0. The molecule has 1 aliphatic rings. The standard InChI is InChI=1S/C17H13N7OS/c25-16(20-17-19-13(9-26-17)11-2-1-7-18-8-11)12-5-6-14-21-22-15(10-3-4-10)24(14)23-12/h1-2,5-10H,3-4H2,(H,19,20,25). The maximum Gasteiger partial charge on any atom is 0.277 e. The number of carbonyl (C=O) groups excluding carboxylic acids is 1. The van der Waals surface area contributed by atoms with Gasteiger partial charge in [-0.15, -0.1) is 21.5 Å². The molecule has 1 saturated carbocycles. The highest BCUT2D eigenvalue weighted by atomic mass is 32.1. The van der Waals surface area contributed by atoms with Crippen LogP contribution in [0.15, 0.2) is 42.0 Å². The zero-order valence-corrected chi connectivity index (χ0v) is 14.3. The van der Waals surface area contributed by atoms with Gasteiger partial charge in [0.1, 0.15) is 5.69 Å². The van der Waals surface area contributed by atoms with Gasteiger partial charge in [-0.05, 0) is 37.1 Å². The van der Waals surface area contributed by atoms with E-state index in [-0.39, 0.29) is 5.91 Å². The minimum Gasteiger partial charge on any atom is -0.296 e. The summed E-state index contributed by atoms with van der Waals surface area (Å²) >= 11 is 1.36. The Morgan fingerprint density at radius 1 is 1.23 bits per heavy atom. The number of carbonyl (C=O) groups is 1. The molecule has 0 spiro atoms. The molecule has 1 aliphatic carbocycles. The van der Waals surface area contributed by atoms with Gasteiger partial charge in [0.25, 0.3) is 5.91 Å². The summed E-state index contributed by atoms with van der Waals surface area (Å²) in [6, 6.07) is 7.17. The van der Waals surface area contributed by atoms with Crippen LogP contribution in [0.3, 0.4) is 0 Å². The molecule has 0 unspecified atom stereocenters. The maximum atomic E-state index is 12.5. The topological polar surface area (TPSA) is 98.0 Å². The Labute approximate surface area is 152 Å². The second kappa shape index (κ2) is 5.95. The molecule has 1 N–H and O–H groups in total. The fourth-order valence-corrected chi connectivity index (χ4v) is 3.38. The van der Waals surface area contributed by atoms with Crippen LogP contribution in [0.1, 0.15) is 35.1 Å². The Morgan fingerprint density at radius 3 is 2.96 bits per heavy atom. The first-order valence-electron chi connectivity index (χ1n) is 8.17. The van der Waals surface area contributed by atoms with Crippen LogP contribution in [0, 0.1) is 0 Å². The lowest BCUT2D eigenvalue weighted by Gasteiger charge is -2.02. The van der Waals surface area contributed by atoms with E-state index in [4.69, 9.17) is 0 Å². The molecule has 0 aromatic carbocycles. The van der Waals surface area contributed by atoms with Crippen LogP contribution < -0.4 is 5.32 Å². The molecular weight excluding hydrogens is 350 g/mol. The van der Waals surface area contributed by atoms with Crippen LogP contribution >= 0.6 is 11.3 Å². The van der Waals surface area contributed by atoms with Crippen molar-refractivity contribution < 1.29 is 4.79 Å².